The second-order valence-electron chi connectivity index (χ2n) is 7.56. The van der Waals surface area contributed by atoms with E-state index in [2.05, 4.69) is 10.1 Å². The van der Waals surface area contributed by atoms with Gasteiger partial charge in [0.15, 0.2) is 5.82 Å². The third-order valence-electron chi connectivity index (χ3n) is 5.36. The average Bonchev–Trinajstić information content (AvgIpc) is 3.18. The Bertz CT molecular complexity index is 1420. The standard InChI is InChI=1S/C23H18F4N6O2/c24-17-8-5-15(23(25,26)27)10-18(17)33(22(29)35)16-6-3-13(4-7-16)19-14(2-1-9-34)11-32-20(19)21(28)30-12-31-32/h3-12H,1-2H2,(H2,29,35)(H2,28,30,31). The van der Waals surface area contributed by atoms with Crippen molar-refractivity contribution in [2.24, 2.45) is 5.73 Å². The first-order valence-electron chi connectivity index (χ1n) is 10.2. The van der Waals surface area contributed by atoms with Gasteiger partial charge in [0.1, 0.15) is 23.9 Å². The van der Waals surface area contributed by atoms with Crippen LogP contribution in [0.1, 0.15) is 17.5 Å². The summed E-state index contributed by atoms with van der Waals surface area (Å²) < 4.78 is 55.5. The van der Waals surface area contributed by atoms with Gasteiger partial charge in [-0.3, -0.25) is 4.90 Å². The molecule has 0 spiro atoms. The van der Waals surface area contributed by atoms with Crippen LogP contribution in [0, 0.1) is 5.82 Å². The van der Waals surface area contributed by atoms with Crippen LogP contribution in [0.25, 0.3) is 16.6 Å². The van der Waals surface area contributed by atoms with E-state index in [1.165, 1.54) is 23.0 Å². The number of nitrogens with two attached hydrogens (primary N) is 2. The maximum atomic E-state index is 14.5. The number of primary amides is 1. The lowest BCUT2D eigenvalue weighted by atomic mass is 9.99. The molecule has 2 aromatic heterocycles. The molecule has 2 heterocycles. The van der Waals surface area contributed by atoms with Gasteiger partial charge in [-0.05, 0) is 47.9 Å². The normalized spacial score (nSPS) is 11.5. The van der Waals surface area contributed by atoms with E-state index in [0.717, 1.165) is 11.8 Å². The number of alkyl halides is 3. The van der Waals surface area contributed by atoms with Crippen molar-refractivity contribution in [1.82, 2.24) is 14.6 Å². The van der Waals surface area contributed by atoms with Crippen LogP contribution in [0.15, 0.2) is 55.0 Å². The topological polar surface area (TPSA) is 120 Å². The molecule has 35 heavy (non-hydrogen) atoms. The minimum absolute atomic E-state index is 0.0432. The molecule has 2 amide bonds. The molecule has 0 atom stereocenters. The van der Waals surface area contributed by atoms with Gasteiger partial charge in [-0.15, -0.1) is 0 Å². The van der Waals surface area contributed by atoms with Gasteiger partial charge >= 0.3 is 12.2 Å². The second kappa shape index (κ2) is 9.05. The summed E-state index contributed by atoms with van der Waals surface area (Å²) in [7, 11) is 0. The maximum absolute atomic E-state index is 14.5. The average molecular weight is 486 g/mol. The number of benzene rings is 2. The summed E-state index contributed by atoms with van der Waals surface area (Å²) in [6, 6.07) is 6.51. The first-order valence-corrected chi connectivity index (χ1v) is 10.2. The van der Waals surface area contributed by atoms with Crippen molar-refractivity contribution >= 4 is 35.0 Å². The summed E-state index contributed by atoms with van der Waals surface area (Å²) in [4.78, 5) is 27.7. The smallest absolute Gasteiger partial charge is 0.382 e. The highest BCUT2D eigenvalue weighted by atomic mass is 19.4. The number of urea groups is 1. The Hall–Kier alpha value is -4.48. The van der Waals surface area contributed by atoms with Crippen molar-refractivity contribution in [2.45, 2.75) is 19.0 Å². The number of anilines is 3. The highest BCUT2D eigenvalue weighted by molar-refractivity contribution is 5.99. The van der Waals surface area contributed by atoms with Crippen LogP contribution in [0.4, 0.5) is 39.5 Å². The molecule has 12 heteroatoms. The minimum atomic E-state index is -4.74. The number of hydrogen-bond donors (Lipinski definition) is 2. The van der Waals surface area contributed by atoms with Gasteiger partial charge in [-0.25, -0.2) is 18.7 Å². The number of carbonyl (C=O) groups excluding carboxylic acids is 2. The van der Waals surface area contributed by atoms with Crippen LogP contribution in [-0.4, -0.2) is 26.9 Å². The molecule has 8 nitrogen and oxygen atoms in total. The minimum Gasteiger partial charge on any atom is -0.382 e. The summed E-state index contributed by atoms with van der Waals surface area (Å²) in [6.07, 6.45) is -0.322. The molecule has 0 unspecified atom stereocenters. The van der Waals surface area contributed by atoms with Crippen LogP contribution < -0.4 is 16.4 Å². The van der Waals surface area contributed by atoms with Gasteiger partial charge < -0.3 is 16.3 Å². The zero-order valence-corrected chi connectivity index (χ0v) is 18.0. The molecule has 0 bridgehead atoms. The van der Waals surface area contributed by atoms with Crippen LogP contribution >= 0.6 is 0 Å². The largest absolute Gasteiger partial charge is 0.416 e. The molecule has 0 fully saturated rings. The van der Waals surface area contributed by atoms with Gasteiger partial charge in [0, 0.05) is 18.2 Å². The molecule has 0 aliphatic heterocycles. The number of amides is 2. The van der Waals surface area contributed by atoms with Gasteiger partial charge in [0.05, 0.1) is 16.9 Å². The SMILES string of the molecule is NC(=O)N(c1ccc(-c2c(CCC=O)cn3ncnc(N)c23)cc1)c1cc(C(F)(F)F)ccc1F. The van der Waals surface area contributed by atoms with E-state index in [9.17, 15) is 27.2 Å². The molecule has 0 radical (unpaired) electrons. The summed E-state index contributed by atoms with van der Waals surface area (Å²) in [6.45, 7) is 0. The number of nitrogen functional groups attached to an aromatic ring is 1. The second-order valence-corrected chi connectivity index (χ2v) is 7.56. The van der Waals surface area contributed by atoms with Crippen molar-refractivity contribution in [3.63, 3.8) is 0 Å². The molecule has 180 valence electrons. The molecule has 0 aliphatic carbocycles. The fourth-order valence-electron chi connectivity index (χ4n) is 3.83. The van der Waals surface area contributed by atoms with Gasteiger partial charge in [0.25, 0.3) is 0 Å². The molecule has 4 rings (SSSR count). The summed E-state index contributed by atoms with van der Waals surface area (Å²) in [5.41, 5.74) is 12.2. The van der Waals surface area contributed by atoms with Crippen LogP contribution in [0.2, 0.25) is 0 Å². The van der Waals surface area contributed by atoms with Crippen LogP contribution in [0.5, 0.6) is 0 Å². The maximum Gasteiger partial charge on any atom is 0.416 e. The number of rotatable bonds is 6. The predicted molar refractivity (Wildman–Crippen MR) is 120 cm³/mol. The number of nitrogens with zero attached hydrogens (tertiary/aromatic N) is 4. The summed E-state index contributed by atoms with van der Waals surface area (Å²) in [5, 5.41) is 4.14. The molecule has 4 N–H and O–H groups in total. The highest BCUT2D eigenvalue weighted by Gasteiger charge is 2.32. The Kier molecular flexibility index (Phi) is 6.12. The fraction of sp³-hybridized carbons (Fsp3) is 0.130. The molecule has 0 saturated heterocycles. The highest BCUT2D eigenvalue weighted by Crippen LogP contribution is 2.37. The predicted octanol–water partition coefficient (Wildman–Crippen LogP) is 4.48. The van der Waals surface area contributed by atoms with Crippen molar-refractivity contribution in [1.29, 1.82) is 0 Å². The molecule has 0 aliphatic rings. The van der Waals surface area contributed by atoms with Crippen molar-refractivity contribution < 1.29 is 27.2 Å². The first-order chi connectivity index (χ1) is 16.6. The van der Waals surface area contributed by atoms with E-state index < -0.39 is 29.3 Å². The summed E-state index contributed by atoms with van der Waals surface area (Å²) >= 11 is 0. The number of aromatic nitrogens is 3. The van der Waals surface area contributed by atoms with Crippen molar-refractivity contribution in [3.05, 3.63) is 71.9 Å². The number of hydrogen-bond acceptors (Lipinski definition) is 5. The third kappa shape index (κ3) is 4.50. The quantitative estimate of drug-likeness (QED) is 0.308. The molecular formula is C23H18F4N6O2. The first kappa shape index (κ1) is 23.7. The van der Waals surface area contributed by atoms with Crippen molar-refractivity contribution in [2.75, 3.05) is 10.6 Å². The zero-order valence-electron chi connectivity index (χ0n) is 18.0. The van der Waals surface area contributed by atoms with Crippen LogP contribution in [0.3, 0.4) is 0 Å². The van der Waals surface area contributed by atoms with Crippen LogP contribution in [-0.2, 0) is 17.4 Å². The van der Waals surface area contributed by atoms with Gasteiger partial charge in [0.2, 0.25) is 0 Å². The number of halogens is 4. The molecular weight excluding hydrogens is 468 g/mol. The number of aryl methyl sites for hydroxylation is 1. The van der Waals surface area contributed by atoms with E-state index >= 15 is 0 Å². The molecule has 2 aromatic carbocycles. The zero-order chi connectivity index (χ0) is 25.3. The van der Waals surface area contributed by atoms with E-state index in [-0.39, 0.29) is 17.9 Å². The Balaban J connectivity index is 1.81. The van der Waals surface area contributed by atoms with E-state index in [1.807, 2.05) is 0 Å². The van der Waals surface area contributed by atoms with E-state index in [0.29, 0.717) is 46.2 Å². The lowest BCUT2D eigenvalue weighted by Gasteiger charge is -2.22. The van der Waals surface area contributed by atoms with E-state index in [4.69, 9.17) is 11.5 Å². The lowest BCUT2D eigenvalue weighted by molar-refractivity contribution is -0.137. The Morgan fingerprint density at radius 2 is 1.86 bits per heavy atom. The van der Waals surface area contributed by atoms with Gasteiger partial charge in [-0.1, -0.05) is 12.1 Å². The third-order valence-corrected chi connectivity index (χ3v) is 5.36. The Labute approximate surface area is 195 Å². The van der Waals surface area contributed by atoms with Gasteiger partial charge in [-0.2, -0.15) is 18.3 Å². The number of aldehydes is 1. The fourth-order valence-corrected chi connectivity index (χ4v) is 3.83. The number of carbonyl (C=O) groups is 2. The summed E-state index contributed by atoms with van der Waals surface area (Å²) in [5.74, 6) is -0.860. The molecule has 4 aromatic rings. The Morgan fingerprint density at radius 3 is 2.49 bits per heavy atom. The van der Waals surface area contributed by atoms with Crippen molar-refractivity contribution in [3.8, 4) is 11.1 Å². The number of fused-ring (bicyclic) bond motifs is 1. The molecule has 0 saturated carbocycles. The monoisotopic (exact) mass is 486 g/mol. The Morgan fingerprint density at radius 1 is 1.14 bits per heavy atom. The lowest BCUT2D eigenvalue weighted by Crippen LogP contribution is -2.32. The van der Waals surface area contributed by atoms with E-state index in [1.54, 1.807) is 18.3 Å².